The Labute approximate surface area is 159 Å². The highest BCUT2D eigenvalue weighted by Gasteiger charge is 2.17. The Kier molecular flexibility index (Phi) is 6.87. The van der Waals surface area contributed by atoms with Crippen LogP contribution in [-0.4, -0.2) is 27.7 Å². The fourth-order valence-electron chi connectivity index (χ4n) is 2.23. The van der Waals surface area contributed by atoms with E-state index in [9.17, 15) is 18.9 Å². The molecule has 0 fully saturated rings. The smallest absolute Gasteiger partial charge is 0.288 e. The lowest BCUT2D eigenvalue weighted by Gasteiger charge is -2.28. The average molecular weight is 397 g/mol. The molecule has 0 radical (unpaired) electrons. The second kappa shape index (κ2) is 8.91. The number of hydrogen-bond acceptors (Lipinski definition) is 4. The molecule has 2 rings (SSSR count). The molecule has 5 nitrogen and oxygen atoms in total. The zero-order valence-electron chi connectivity index (χ0n) is 14.1. The SMILES string of the molecule is C[C@@H](c1cccc([N+](=O)[O-])c1)N(C)C(=S)Nc1ccc(SC(F)F)cc1. The van der Waals surface area contributed by atoms with Gasteiger partial charge in [0.05, 0.1) is 11.0 Å². The van der Waals surface area contributed by atoms with E-state index in [1.807, 2.05) is 6.92 Å². The van der Waals surface area contributed by atoms with Gasteiger partial charge in [0, 0.05) is 29.8 Å². The Balaban J connectivity index is 2.04. The van der Waals surface area contributed by atoms with Crippen LogP contribution in [0.5, 0.6) is 0 Å². The number of halogens is 2. The minimum absolute atomic E-state index is 0.0220. The molecule has 0 heterocycles. The second-order valence-corrected chi connectivity index (χ2v) is 6.92. The molecule has 26 heavy (non-hydrogen) atoms. The number of thioether (sulfide) groups is 1. The first-order chi connectivity index (χ1) is 12.3. The van der Waals surface area contributed by atoms with Crippen LogP contribution < -0.4 is 5.32 Å². The quantitative estimate of drug-likeness (QED) is 0.309. The van der Waals surface area contributed by atoms with Crippen LogP contribution in [0.25, 0.3) is 0 Å². The molecule has 2 aromatic carbocycles. The first kappa shape index (κ1) is 20.1. The Morgan fingerprint density at radius 1 is 1.27 bits per heavy atom. The van der Waals surface area contributed by atoms with Gasteiger partial charge in [-0.3, -0.25) is 10.1 Å². The summed E-state index contributed by atoms with van der Waals surface area (Å²) in [5, 5.41) is 14.4. The van der Waals surface area contributed by atoms with Gasteiger partial charge in [-0.1, -0.05) is 23.9 Å². The predicted octanol–water partition coefficient (Wildman–Crippen LogP) is 5.30. The molecule has 0 amide bonds. The molecule has 1 N–H and O–H groups in total. The van der Waals surface area contributed by atoms with Gasteiger partial charge in [0.15, 0.2) is 5.11 Å². The van der Waals surface area contributed by atoms with Crippen LogP contribution in [0, 0.1) is 10.1 Å². The lowest BCUT2D eigenvalue weighted by molar-refractivity contribution is -0.384. The third-order valence-electron chi connectivity index (χ3n) is 3.80. The molecular weight excluding hydrogens is 380 g/mol. The maximum atomic E-state index is 12.3. The van der Waals surface area contributed by atoms with Crippen LogP contribution in [-0.2, 0) is 0 Å². The fourth-order valence-corrected chi connectivity index (χ4v) is 3.00. The average Bonchev–Trinajstić information content (AvgIpc) is 2.61. The Morgan fingerprint density at radius 3 is 2.50 bits per heavy atom. The molecule has 0 aliphatic carbocycles. The molecule has 1 atom stereocenters. The van der Waals surface area contributed by atoms with Crippen molar-refractivity contribution in [2.75, 3.05) is 12.4 Å². The largest absolute Gasteiger partial charge is 0.345 e. The summed E-state index contributed by atoms with van der Waals surface area (Å²) in [6.45, 7) is 1.88. The Morgan fingerprint density at radius 2 is 1.92 bits per heavy atom. The normalized spacial score (nSPS) is 11.9. The Hall–Kier alpha value is -2.26. The summed E-state index contributed by atoms with van der Waals surface area (Å²) in [6, 6.07) is 12.7. The molecule has 0 bridgehead atoms. The van der Waals surface area contributed by atoms with Crippen molar-refractivity contribution in [3.63, 3.8) is 0 Å². The monoisotopic (exact) mass is 397 g/mol. The van der Waals surface area contributed by atoms with Crippen molar-refractivity contribution in [2.45, 2.75) is 23.6 Å². The molecule has 0 saturated heterocycles. The number of non-ortho nitro benzene ring substituents is 1. The third kappa shape index (κ3) is 5.37. The highest BCUT2D eigenvalue weighted by Crippen LogP contribution is 2.27. The molecule has 0 unspecified atom stereocenters. The second-order valence-electron chi connectivity index (χ2n) is 5.47. The first-order valence-corrected chi connectivity index (χ1v) is 8.89. The van der Waals surface area contributed by atoms with E-state index in [1.165, 1.54) is 12.1 Å². The highest BCUT2D eigenvalue weighted by molar-refractivity contribution is 7.99. The van der Waals surface area contributed by atoms with Crippen molar-refractivity contribution in [1.82, 2.24) is 4.90 Å². The minimum atomic E-state index is -2.46. The molecule has 0 aliphatic heterocycles. The summed E-state index contributed by atoms with van der Waals surface area (Å²) in [4.78, 5) is 12.7. The third-order valence-corrected chi connectivity index (χ3v) is 4.91. The maximum absolute atomic E-state index is 12.3. The molecule has 0 aliphatic rings. The van der Waals surface area contributed by atoms with Crippen LogP contribution in [0.1, 0.15) is 18.5 Å². The molecule has 0 aromatic heterocycles. The van der Waals surface area contributed by atoms with Crippen LogP contribution in [0.15, 0.2) is 53.4 Å². The molecule has 0 spiro atoms. The number of hydrogen-bond donors (Lipinski definition) is 1. The fraction of sp³-hybridized carbons (Fsp3) is 0.235. The summed E-state index contributed by atoms with van der Waals surface area (Å²) in [7, 11) is 1.78. The number of anilines is 1. The molecule has 9 heteroatoms. The van der Waals surface area contributed by atoms with Gasteiger partial charge in [0.1, 0.15) is 0 Å². The maximum Gasteiger partial charge on any atom is 0.288 e. The summed E-state index contributed by atoms with van der Waals surface area (Å²) in [5.41, 5.74) is 1.45. The number of thiocarbonyl (C=S) groups is 1. The standard InChI is InChI=1S/C17H17F2N3O2S2/c1-11(12-4-3-5-14(10-12)22(23)24)21(2)17(25)20-13-6-8-15(9-7-13)26-16(18)19/h3-11,16H,1-2H3,(H,20,25)/t11-/m0/s1. The highest BCUT2D eigenvalue weighted by atomic mass is 32.2. The van der Waals surface area contributed by atoms with Crippen molar-refractivity contribution in [2.24, 2.45) is 0 Å². The van der Waals surface area contributed by atoms with E-state index in [-0.39, 0.29) is 11.7 Å². The molecule has 138 valence electrons. The van der Waals surface area contributed by atoms with E-state index in [1.54, 1.807) is 48.3 Å². The van der Waals surface area contributed by atoms with Crippen molar-refractivity contribution in [1.29, 1.82) is 0 Å². The number of alkyl halides is 2. The molecular formula is C17H17F2N3O2S2. The number of benzene rings is 2. The van der Waals surface area contributed by atoms with Crippen LogP contribution in [0.4, 0.5) is 20.2 Å². The zero-order chi connectivity index (χ0) is 19.3. The lowest BCUT2D eigenvalue weighted by atomic mass is 10.1. The van der Waals surface area contributed by atoms with Gasteiger partial charge < -0.3 is 10.2 Å². The van der Waals surface area contributed by atoms with E-state index in [4.69, 9.17) is 12.2 Å². The van der Waals surface area contributed by atoms with E-state index in [0.717, 1.165) is 5.56 Å². The van der Waals surface area contributed by atoms with E-state index >= 15 is 0 Å². The van der Waals surface area contributed by atoms with Gasteiger partial charge in [-0.15, -0.1) is 0 Å². The molecule has 2 aromatic rings. The topological polar surface area (TPSA) is 58.4 Å². The number of rotatable bonds is 6. The van der Waals surface area contributed by atoms with Gasteiger partial charge in [-0.25, -0.2) is 0 Å². The van der Waals surface area contributed by atoms with Gasteiger partial charge in [-0.05, 0) is 49.0 Å². The summed E-state index contributed by atoms with van der Waals surface area (Å²) in [6.07, 6.45) is 0. The van der Waals surface area contributed by atoms with Crippen molar-refractivity contribution in [3.05, 3.63) is 64.2 Å². The van der Waals surface area contributed by atoms with Crippen LogP contribution in [0.3, 0.4) is 0 Å². The van der Waals surface area contributed by atoms with Crippen LogP contribution in [0.2, 0.25) is 0 Å². The van der Waals surface area contributed by atoms with E-state index in [0.29, 0.717) is 27.5 Å². The first-order valence-electron chi connectivity index (χ1n) is 7.61. The molecule has 0 saturated carbocycles. The van der Waals surface area contributed by atoms with Gasteiger partial charge in [0.25, 0.3) is 11.4 Å². The number of nitro groups is 1. The number of nitrogens with zero attached hydrogens (tertiary/aromatic N) is 2. The van der Waals surface area contributed by atoms with Crippen molar-refractivity contribution in [3.8, 4) is 0 Å². The summed E-state index contributed by atoms with van der Waals surface area (Å²) in [5.74, 6) is -2.46. The Bertz CT molecular complexity index is 788. The summed E-state index contributed by atoms with van der Waals surface area (Å²) < 4.78 is 24.7. The minimum Gasteiger partial charge on any atom is -0.345 e. The summed E-state index contributed by atoms with van der Waals surface area (Å²) >= 11 is 5.86. The van der Waals surface area contributed by atoms with Crippen molar-refractivity contribution < 1.29 is 13.7 Å². The van der Waals surface area contributed by atoms with Gasteiger partial charge in [0.2, 0.25) is 0 Å². The van der Waals surface area contributed by atoms with Crippen molar-refractivity contribution >= 4 is 40.5 Å². The van der Waals surface area contributed by atoms with E-state index < -0.39 is 10.7 Å². The number of nitro benzene ring substituents is 1. The van der Waals surface area contributed by atoms with Crippen LogP contribution >= 0.6 is 24.0 Å². The van der Waals surface area contributed by atoms with Gasteiger partial charge in [-0.2, -0.15) is 8.78 Å². The predicted molar refractivity (Wildman–Crippen MR) is 104 cm³/mol. The number of nitrogens with one attached hydrogen (secondary N) is 1. The lowest BCUT2D eigenvalue weighted by Crippen LogP contribution is -2.33. The van der Waals surface area contributed by atoms with Gasteiger partial charge >= 0.3 is 0 Å². The van der Waals surface area contributed by atoms with E-state index in [2.05, 4.69) is 5.32 Å². The zero-order valence-corrected chi connectivity index (χ0v) is 15.7.